The van der Waals surface area contributed by atoms with Crippen molar-refractivity contribution in [3.63, 3.8) is 0 Å². The monoisotopic (exact) mass is 328 g/mol. The van der Waals surface area contributed by atoms with Crippen molar-refractivity contribution in [1.82, 2.24) is 15.1 Å². The van der Waals surface area contributed by atoms with E-state index >= 15 is 0 Å². The molecule has 0 spiro atoms. The summed E-state index contributed by atoms with van der Waals surface area (Å²) in [6, 6.07) is 7.03. The van der Waals surface area contributed by atoms with Crippen molar-refractivity contribution < 1.29 is 14.3 Å². The summed E-state index contributed by atoms with van der Waals surface area (Å²) >= 11 is 0. The van der Waals surface area contributed by atoms with Gasteiger partial charge in [-0.1, -0.05) is 12.1 Å². The van der Waals surface area contributed by atoms with Gasteiger partial charge < -0.3 is 15.4 Å². The molecule has 0 saturated heterocycles. The van der Waals surface area contributed by atoms with Gasteiger partial charge in [-0.25, -0.2) is 0 Å². The van der Waals surface area contributed by atoms with E-state index in [4.69, 9.17) is 4.74 Å². The molecule has 3 rings (SSSR count). The third-order valence-corrected chi connectivity index (χ3v) is 4.13. The molecule has 2 amide bonds. The molecular weight excluding hydrogens is 308 g/mol. The van der Waals surface area contributed by atoms with E-state index in [1.54, 1.807) is 28.9 Å². The Morgan fingerprint density at radius 3 is 2.88 bits per heavy atom. The molecule has 7 nitrogen and oxygen atoms in total. The topological polar surface area (TPSA) is 85.3 Å². The summed E-state index contributed by atoms with van der Waals surface area (Å²) in [5.74, 6) is -0.498. The number of rotatable bonds is 4. The predicted octanol–water partition coefficient (Wildman–Crippen LogP) is 1.62. The number of aromatic nitrogens is 2. The molecule has 1 aromatic heterocycles. The highest BCUT2D eigenvalue weighted by Gasteiger charge is 2.47. The minimum atomic E-state index is -1.61. The van der Waals surface area contributed by atoms with Crippen LogP contribution < -0.4 is 15.4 Å². The first-order valence-electron chi connectivity index (χ1n) is 7.84. The Morgan fingerprint density at radius 1 is 1.42 bits per heavy atom. The van der Waals surface area contributed by atoms with Crippen molar-refractivity contribution in [2.75, 3.05) is 5.32 Å². The van der Waals surface area contributed by atoms with Gasteiger partial charge in [-0.05, 0) is 32.9 Å². The van der Waals surface area contributed by atoms with E-state index in [9.17, 15) is 9.59 Å². The standard InChI is InChI=1S/C17H20N4O3/c1-4-21-10-12(11(2)20-21)9-18-15(22)17(3)16(23)19-13-7-5-6-8-14(13)24-17/h5-8,10H,4,9H2,1-3H3,(H,18,22)(H,19,23)/t17-/m1/s1. The molecule has 0 unspecified atom stereocenters. The Bertz CT molecular complexity index is 799. The highest BCUT2D eigenvalue weighted by atomic mass is 16.5. The van der Waals surface area contributed by atoms with Gasteiger partial charge in [0.15, 0.2) is 0 Å². The van der Waals surface area contributed by atoms with Crippen molar-refractivity contribution in [2.24, 2.45) is 0 Å². The molecule has 1 atom stereocenters. The Hall–Kier alpha value is -2.83. The average Bonchev–Trinajstić information content (AvgIpc) is 2.93. The van der Waals surface area contributed by atoms with E-state index in [2.05, 4.69) is 15.7 Å². The second-order valence-electron chi connectivity index (χ2n) is 5.86. The molecule has 1 aliphatic heterocycles. The number of anilines is 1. The van der Waals surface area contributed by atoms with Gasteiger partial charge in [0.2, 0.25) is 0 Å². The van der Waals surface area contributed by atoms with Gasteiger partial charge in [0, 0.05) is 24.8 Å². The number of fused-ring (bicyclic) bond motifs is 1. The Balaban J connectivity index is 1.74. The molecule has 1 aromatic carbocycles. The molecule has 126 valence electrons. The number of para-hydroxylation sites is 2. The molecule has 0 radical (unpaired) electrons. The van der Waals surface area contributed by atoms with Crippen LogP contribution >= 0.6 is 0 Å². The molecule has 0 saturated carbocycles. The first-order valence-corrected chi connectivity index (χ1v) is 7.84. The number of benzene rings is 1. The maximum absolute atomic E-state index is 12.6. The van der Waals surface area contributed by atoms with Gasteiger partial charge in [-0.2, -0.15) is 5.10 Å². The zero-order valence-corrected chi connectivity index (χ0v) is 13.9. The van der Waals surface area contributed by atoms with E-state index in [1.807, 2.05) is 20.0 Å². The minimum absolute atomic E-state index is 0.290. The summed E-state index contributed by atoms with van der Waals surface area (Å²) in [7, 11) is 0. The fraction of sp³-hybridized carbons (Fsp3) is 0.353. The zero-order valence-electron chi connectivity index (χ0n) is 13.9. The molecule has 1 aliphatic rings. The minimum Gasteiger partial charge on any atom is -0.466 e. The van der Waals surface area contributed by atoms with Crippen LogP contribution in [0.25, 0.3) is 0 Å². The summed E-state index contributed by atoms with van der Waals surface area (Å²) in [5.41, 5.74) is 0.711. The molecule has 0 bridgehead atoms. The maximum atomic E-state index is 12.6. The molecule has 2 aromatic rings. The highest BCUT2D eigenvalue weighted by Crippen LogP contribution is 2.33. The third kappa shape index (κ3) is 2.73. The van der Waals surface area contributed by atoms with Crippen molar-refractivity contribution >= 4 is 17.5 Å². The fourth-order valence-corrected chi connectivity index (χ4v) is 2.56. The Kier molecular flexibility index (Phi) is 4.01. The van der Waals surface area contributed by atoms with Gasteiger partial charge in [0.1, 0.15) is 5.75 Å². The Labute approximate surface area is 140 Å². The number of hydrogen-bond donors (Lipinski definition) is 2. The van der Waals surface area contributed by atoms with Crippen LogP contribution in [0.15, 0.2) is 30.5 Å². The summed E-state index contributed by atoms with van der Waals surface area (Å²) < 4.78 is 7.50. The van der Waals surface area contributed by atoms with Gasteiger partial charge in [0.05, 0.1) is 11.4 Å². The number of nitrogens with zero attached hydrogens (tertiary/aromatic N) is 2. The van der Waals surface area contributed by atoms with Crippen LogP contribution in [0.3, 0.4) is 0 Å². The summed E-state index contributed by atoms with van der Waals surface area (Å²) in [6.45, 7) is 6.40. The lowest BCUT2D eigenvalue weighted by atomic mass is 10.0. The molecule has 2 heterocycles. The number of nitrogens with one attached hydrogen (secondary N) is 2. The quantitative estimate of drug-likeness (QED) is 0.835. The van der Waals surface area contributed by atoms with Crippen LogP contribution in [0.1, 0.15) is 25.1 Å². The van der Waals surface area contributed by atoms with Gasteiger partial charge in [0.25, 0.3) is 17.4 Å². The number of hydrogen-bond acceptors (Lipinski definition) is 4. The van der Waals surface area contributed by atoms with Crippen molar-refractivity contribution in [3.8, 4) is 5.75 Å². The van der Waals surface area contributed by atoms with Crippen LogP contribution in [-0.4, -0.2) is 27.2 Å². The molecule has 24 heavy (non-hydrogen) atoms. The van der Waals surface area contributed by atoms with E-state index in [1.165, 1.54) is 6.92 Å². The first kappa shape index (κ1) is 16.0. The maximum Gasteiger partial charge on any atom is 0.278 e. The van der Waals surface area contributed by atoms with E-state index < -0.39 is 17.4 Å². The second kappa shape index (κ2) is 5.99. The van der Waals surface area contributed by atoms with Crippen molar-refractivity contribution in [1.29, 1.82) is 0 Å². The van der Waals surface area contributed by atoms with Crippen LogP contribution in [0, 0.1) is 6.92 Å². The smallest absolute Gasteiger partial charge is 0.278 e. The lowest BCUT2D eigenvalue weighted by molar-refractivity contribution is -0.146. The van der Waals surface area contributed by atoms with Gasteiger partial charge >= 0.3 is 0 Å². The highest BCUT2D eigenvalue weighted by molar-refractivity contribution is 6.15. The van der Waals surface area contributed by atoms with Crippen molar-refractivity contribution in [2.45, 2.75) is 39.5 Å². The lowest BCUT2D eigenvalue weighted by Crippen LogP contribution is -2.58. The van der Waals surface area contributed by atoms with Crippen LogP contribution in [0.5, 0.6) is 5.75 Å². The fourth-order valence-electron chi connectivity index (χ4n) is 2.56. The van der Waals surface area contributed by atoms with E-state index in [0.717, 1.165) is 17.8 Å². The van der Waals surface area contributed by atoms with Crippen LogP contribution in [0.2, 0.25) is 0 Å². The number of carbonyl (C=O) groups excluding carboxylic acids is 2. The van der Waals surface area contributed by atoms with Crippen LogP contribution in [0.4, 0.5) is 5.69 Å². The number of amides is 2. The van der Waals surface area contributed by atoms with Crippen LogP contribution in [-0.2, 0) is 22.7 Å². The number of ether oxygens (including phenoxy) is 1. The Morgan fingerprint density at radius 2 is 2.17 bits per heavy atom. The SMILES string of the molecule is CCn1cc(CNC(=O)[C@@]2(C)Oc3ccccc3NC2=O)c(C)n1. The zero-order chi connectivity index (χ0) is 17.3. The summed E-state index contributed by atoms with van der Waals surface area (Å²) in [5, 5.41) is 9.82. The number of aryl methyl sites for hydroxylation is 2. The number of carbonyl (C=O) groups is 2. The molecule has 7 heteroatoms. The molecule has 2 N–H and O–H groups in total. The predicted molar refractivity (Wildman–Crippen MR) is 88.6 cm³/mol. The third-order valence-electron chi connectivity index (χ3n) is 4.13. The first-order chi connectivity index (χ1) is 11.4. The molecule has 0 aliphatic carbocycles. The summed E-state index contributed by atoms with van der Waals surface area (Å²) in [6.07, 6.45) is 1.88. The molecular formula is C17H20N4O3. The normalized spacial score (nSPS) is 19.2. The van der Waals surface area contributed by atoms with E-state index in [-0.39, 0.29) is 0 Å². The molecule has 0 fully saturated rings. The largest absolute Gasteiger partial charge is 0.466 e. The van der Waals surface area contributed by atoms with E-state index in [0.29, 0.717) is 18.0 Å². The second-order valence-corrected chi connectivity index (χ2v) is 5.86. The summed E-state index contributed by atoms with van der Waals surface area (Å²) in [4.78, 5) is 24.9. The average molecular weight is 328 g/mol. The van der Waals surface area contributed by atoms with Gasteiger partial charge in [-0.15, -0.1) is 0 Å². The lowest BCUT2D eigenvalue weighted by Gasteiger charge is -2.33. The van der Waals surface area contributed by atoms with Crippen molar-refractivity contribution in [3.05, 3.63) is 41.7 Å². The van der Waals surface area contributed by atoms with Gasteiger partial charge in [-0.3, -0.25) is 14.3 Å².